The van der Waals surface area contributed by atoms with Gasteiger partial charge < -0.3 is 24.0 Å². The highest BCUT2D eigenvalue weighted by molar-refractivity contribution is 5.78. The van der Waals surface area contributed by atoms with Gasteiger partial charge in [0.05, 0.1) is 25.3 Å². The quantitative estimate of drug-likeness (QED) is 0.718. The van der Waals surface area contributed by atoms with Crippen LogP contribution in [0.1, 0.15) is 12.5 Å². The second-order valence-electron chi connectivity index (χ2n) is 6.56. The molecule has 2 aromatic carbocycles. The van der Waals surface area contributed by atoms with Gasteiger partial charge in [0, 0.05) is 37.9 Å². The molecule has 0 aliphatic carbocycles. The molecule has 0 bridgehead atoms. The Labute approximate surface area is 171 Å². The summed E-state index contributed by atoms with van der Waals surface area (Å²) in [6, 6.07) is 14.9. The van der Waals surface area contributed by atoms with Crippen molar-refractivity contribution in [2.75, 3.05) is 51.4 Å². The summed E-state index contributed by atoms with van der Waals surface area (Å²) in [5.41, 5.74) is 1.61. The molecule has 0 unspecified atom stereocenters. The smallest absolute Gasteiger partial charge is 0.260 e. The summed E-state index contributed by atoms with van der Waals surface area (Å²) < 4.78 is 16.4. The van der Waals surface area contributed by atoms with Crippen LogP contribution in [-0.4, -0.2) is 57.3 Å². The van der Waals surface area contributed by atoms with E-state index in [0.717, 1.165) is 24.5 Å². The van der Waals surface area contributed by atoms with Gasteiger partial charge in [0.15, 0.2) is 18.1 Å². The summed E-state index contributed by atoms with van der Waals surface area (Å²) in [5, 5.41) is 9.02. The third kappa shape index (κ3) is 5.11. The summed E-state index contributed by atoms with van der Waals surface area (Å²) >= 11 is 0. The Morgan fingerprint density at radius 3 is 2.38 bits per heavy atom. The molecule has 3 rings (SSSR count). The molecule has 0 N–H and O–H groups in total. The van der Waals surface area contributed by atoms with Gasteiger partial charge >= 0.3 is 0 Å². The minimum absolute atomic E-state index is 0.0610. The number of hydrogen-bond acceptors (Lipinski definition) is 6. The molecule has 0 aromatic heterocycles. The van der Waals surface area contributed by atoms with Gasteiger partial charge in [-0.3, -0.25) is 4.79 Å². The molecule has 1 saturated heterocycles. The Balaban J connectivity index is 1.53. The number of carbonyl (C=O) groups excluding carboxylic acids is 1. The van der Waals surface area contributed by atoms with E-state index in [2.05, 4.69) is 11.0 Å². The Kier molecular flexibility index (Phi) is 6.80. The van der Waals surface area contributed by atoms with Crippen LogP contribution in [0.25, 0.3) is 0 Å². The van der Waals surface area contributed by atoms with Gasteiger partial charge in [0.1, 0.15) is 5.75 Å². The number of amides is 1. The third-order valence-electron chi connectivity index (χ3n) is 4.79. The van der Waals surface area contributed by atoms with Crippen molar-refractivity contribution >= 4 is 11.6 Å². The van der Waals surface area contributed by atoms with Crippen LogP contribution in [0.4, 0.5) is 5.69 Å². The Hall–Kier alpha value is -3.40. The van der Waals surface area contributed by atoms with E-state index < -0.39 is 0 Å². The number of nitriles is 1. The van der Waals surface area contributed by atoms with Crippen molar-refractivity contribution in [3.63, 3.8) is 0 Å². The van der Waals surface area contributed by atoms with Gasteiger partial charge in [-0.05, 0) is 43.3 Å². The zero-order chi connectivity index (χ0) is 20.6. The van der Waals surface area contributed by atoms with E-state index in [4.69, 9.17) is 19.5 Å². The highest BCUT2D eigenvalue weighted by Gasteiger charge is 2.22. The lowest BCUT2D eigenvalue weighted by atomic mass is 10.2. The first-order valence-corrected chi connectivity index (χ1v) is 9.61. The summed E-state index contributed by atoms with van der Waals surface area (Å²) in [6.45, 7) is 5.05. The van der Waals surface area contributed by atoms with Crippen LogP contribution < -0.4 is 19.1 Å². The molecule has 1 amide bonds. The van der Waals surface area contributed by atoms with Crippen LogP contribution in [0.3, 0.4) is 0 Å². The predicted molar refractivity (Wildman–Crippen MR) is 110 cm³/mol. The van der Waals surface area contributed by atoms with Crippen molar-refractivity contribution in [2.24, 2.45) is 0 Å². The Bertz CT molecular complexity index is 869. The minimum Gasteiger partial charge on any atom is -0.497 e. The van der Waals surface area contributed by atoms with E-state index in [9.17, 15) is 4.79 Å². The molecular weight excluding hydrogens is 370 g/mol. The summed E-state index contributed by atoms with van der Waals surface area (Å²) in [4.78, 5) is 16.6. The maximum Gasteiger partial charge on any atom is 0.260 e. The number of hydrogen-bond donors (Lipinski definition) is 0. The molecule has 2 aromatic rings. The standard InChI is InChI=1S/C22H25N3O4/c1-3-28-21-14-17(15-23)4-9-20(21)29-16-22(26)25-12-10-24(11-13-25)18-5-7-19(27-2)8-6-18/h4-9,14H,3,10-13,16H2,1-2H3. The fraction of sp³-hybridized carbons (Fsp3) is 0.364. The number of piperazine rings is 1. The number of nitrogens with zero attached hydrogens (tertiary/aromatic N) is 3. The number of methoxy groups -OCH3 is 1. The van der Waals surface area contributed by atoms with Crippen LogP contribution in [0.15, 0.2) is 42.5 Å². The normalized spacial score (nSPS) is 13.6. The number of ether oxygens (including phenoxy) is 3. The Morgan fingerprint density at radius 2 is 1.76 bits per heavy atom. The van der Waals surface area contributed by atoms with Crippen molar-refractivity contribution in [2.45, 2.75) is 6.92 Å². The lowest BCUT2D eigenvalue weighted by Gasteiger charge is -2.36. The minimum atomic E-state index is -0.0637. The van der Waals surface area contributed by atoms with Gasteiger partial charge in [-0.2, -0.15) is 5.26 Å². The van der Waals surface area contributed by atoms with Gasteiger partial charge in [-0.1, -0.05) is 0 Å². The first-order valence-electron chi connectivity index (χ1n) is 9.61. The highest BCUT2D eigenvalue weighted by atomic mass is 16.5. The average molecular weight is 395 g/mol. The van der Waals surface area contributed by atoms with Gasteiger partial charge in [-0.25, -0.2) is 0 Å². The molecule has 7 nitrogen and oxygen atoms in total. The SMILES string of the molecule is CCOc1cc(C#N)ccc1OCC(=O)N1CCN(c2ccc(OC)cc2)CC1. The van der Waals surface area contributed by atoms with Crippen molar-refractivity contribution in [3.05, 3.63) is 48.0 Å². The van der Waals surface area contributed by atoms with Gasteiger partial charge in [-0.15, -0.1) is 0 Å². The highest BCUT2D eigenvalue weighted by Crippen LogP contribution is 2.28. The van der Waals surface area contributed by atoms with Crippen LogP contribution in [0.5, 0.6) is 17.2 Å². The van der Waals surface area contributed by atoms with Crippen LogP contribution >= 0.6 is 0 Å². The molecule has 0 saturated carbocycles. The molecule has 0 radical (unpaired) electrons. The Morgan fingerprint density at radius 1 is 1.03 bits per heavy atom. The molecule has 1 aliphatic heterocycles. The lowest BCUT2D eigenvalue weighted by Crippen LogP contribution is -2.50. The molecule has 1 aliphatic rings. The second-order valence-corrected chi connectivity index (χ2v) is 6.56. The number of benzene rings is 2. The van der Waals surface area contributed by atoms with Crippen LogP contribution in [0, 0.1) is 11.3 Å². The molecule has 0 spiro atoms. The van der Waals surface area contributed by atoms with E-state index in [0.29, 0.717) is 36.8 Å². The van der Waals surface area contributed by atoms with Crippen molar-refractivity contribution in [3.8, 4) is 23.3 Å². The average Bonchev–Trinajstić information content (AvgIpc) is 2.78. The topological polar surface area (TPSA) is 75.0 Å². The molecule has 152 valence electrons. The molecule has 1 fully saturated rings. The number of rotatable bonds is 7. The fourth-order valence-electron chi connectivity index (χ4n) is 3.20. The van der Waals surface area contributed by atoms with Gasteiger partial charge in [0.2, 0.25) is 0 Å². The van der Waals surface area contributed by atoms with Crippen LogP contribution in [-0.2, 0) is 4.79 Å². The molecule has 0 atom stereocenters. The van der Waals surface area contributed by atoms with E-state index in [-0.39, 0.29) is 12.5 Å². The summed E-state index contributed by atoms with van der Waals surface area (Å²) in [7, 11) is 1.65. The predicted octanol–water partition coefficient (Wildman–Crippen LogP) is 2.69. The largest absolute Gasteiger partial charge is 0.497 e. The molecule has 29 heavy (non-hydrogen) atoms. The van der Waals surface area contributed by atoms with E-state index in [1.165, 1.54) is 0 Å². The first kappa shape index (κ1) is 20.3. The van der Waals surface area contributed by atoms with E-state index in [1.54, 1.807) is 25.3 Å². The monoisotopic (exact) mass is 395 g/mol. The zero-order valence-corrected chi connectivity index (χ0v) is 16.8. The van der Waals surface area contributed by atoms with E-state index in [1.807, 2.05) is 36.1 Å². The number of carbonyl (C=O) groups is 1. The van der Waals surface area contributed by atoms with Crippen molar-refractivity contribution < 1.29 is 19.0 Å². The van der Waals surface area contributed by atoms with E-state index >= 15 is 0 Å². The second kappa shape index (κ2) is 9.69. The van der Waals surface area contributed by atoms with Crippen LogP contribution in [0.2, 0.25) is 0 Å². The van der Waals surface area contributed by atoms with Crippen molar-refractivity contribution in [1.82, 2.24) is 4.90 Å². The van der Waals surface area contributed by atoms with Crippen molar-refractivity contribution in [1.29, 1.82) is 5.26 Å². The zero-order valence-electron chi connectivity index (χ0n) is 16.8. The molecule has 7 heteroatoms. The lowest BCUT2D eigenvalue weighted by molar-refractivity contribution is -0.133. The molecule has 1 heterocycles. The first-order chi connectivity index (χ1) is 14.1. The third-order valence-corrected chi connectivity index (χ3v) is 4.79. The summed E-state index contributed by atoms with van der Waals surface area (Å²) in [5.74, 6) is 1.71. The molecular formula is C22H25N3O4. The fourth-order valence-corrected chi connectivity index (χ4v) is 3.20. The maximum atomic E-state index is 12.6. The number of anilines is 1. The summed E-state index contributed by atoms with van der Waals surface area (Å²) in [6.07, 6.45) is 0. The maximum absolute atomic E-state index is 12.6. The van der Waals surface area contributed by atoms with Gasteiger partial charge in [0.25, 0.3) is 5.91 Å².